The van der Waals surface area contributed by atoms with Gasteiger partial charge in [-0.1, -0.05) is 25.3 Å². The summed E-state index contributed by atoms with van der Waals surface area (Å²) in [5.74, 6) is -0.887. The lowest BCUT2D eigenvalue weighted by molar-refractivity contribution is -0.150. The molecule has 1 aliphatic rings. The lowest BCUT2D eigenvalue weighted by Crippen LogP contribution is -2.39. The van der Waals surface area contributed by atoms with E-state index in [4.69, 9.17) is 5.73 Å². The molecule has 1 heterocycles. The highest BCUT2D eigenvalue weighted by Gasteiger charge is 2.39. The first kappa shape index (κ1) is 14.3. The van der Waals surface area contributed by atoms with Gasteiger partial charge in [-0.2, -0.15) is 0 Å². The minimum absolute atomic E-state index is 0.169. The van der Waals surface area contributed by atoms with Crippen molar-refractivity contribution in [2.75, 3.05) is 11.9 Å². The molecule has 2 rings (SSSR count). The Morgan fingerprint density at radius 1 is 1.30 bits per heavy atom. The van der Waals surface area contributed by atoms with Crippen LogP contribution in [-0.4, -0.2) is 28.5 Å². The molecule has 20 heavy (non-hydrogen) atoms. The van der Waals surface area contributed by atoms with Crippen LogP contribution in [0.4, 0.5) is 5.82 Å². The van der Waals surface area contributed by atoms with Crippen LogP contribution in [0.5, 0.6) is 0 Å². The number of carboxylic acid groups (broad SMARTS) is 1. The number of nitrogens with zero attached hydrogens (tertiary/aromatic N) is 1. The number of pyridine rings is 1. The number of carbonyl (C=O) groups excluding carboxylic acids is 1. The molecule has 0 spiro atoms. The molecule has 0 aliphatic heterocycles. The summed E-state index contributed by atoms with van der Waals surface area (Å²) in [6.45, 7) is 0.317. The van der Waals surface area contributed by atoms with E-state index in [1.165, 1.54) is 6.07 Å². The average molecular weight is 277 g/mol. The van der Waals surface area contributed by atoms with Gasteiger partial charge < -0.3 is 16.2 Å². The second-order valence-corrected chi connectivity index (χ2v) is 5.27. The molecule has 6 heteroatoms. The Hall–Kier alpha value is -2.11. The first-order chi connectivity index (χ1) is 9.53. The number of aliphatic carboxylic acids is 1. The fraction of sp³-hybridized carbons (Fsp3) is 0.500. The number of anilines is 1. The molecule has 0 atom stereocenters. The third-order valence-electron chi connectivity index (χ3n) is 3.87. The molecular weight excluding hydrogens is 258 g/mol. The summed E-state index contributed by atoms with van der Waals surface area (Å²) in [6.07, 6.45) is 4.30. The number of amides is 1. The monoisotopic (exact) mass is 277 g/mol. The molecule has 6 nitrogen and oxygen atoms in total. The Bertz CT molecular complexity index is 510. The predicted octanol–water partition coefficient (Wildman–Crippen LogP) is 1.63. The van der Waals surface area contributed by atoms with E-state index in [1.807, 2.05) is 0 Å². The Kier molecular flexibility index (Phi) is 4.22. The average Bonchev–Trinajstić information content (AvgIpc) is 2.46. The lowest BCUT2D eigenvalue weighted by Gasteiger charge is -2.33. The van der Waals surface area contributed by atoms with E-state index in [-0.39, 0.29) is 5.69 Å². The number of carbonyl (C=O) groups is 2. The summed E-state index contributed by atoms with van der Waals surface area (Å²) in [4.78, 5) is 26.7. The second-order valence-electron chi connectivity index (χ2n) is 5.27. The van der Waals surface area contributed by atoms with E-state index >= 15 is 0 Å². The first-order valence-electron chi connectivity index (χ1n) is 6.78. The van der Waals surface area contributed by atoms with E-state index in [9.17, 15) is 14.7 Å². The van der Waals surface area contributed by atoms with Crippen LogP contribution in [-0.2, 0) is 4.79 Å². The zero-order valence-electron chi connectivity index (χ0n) is 11.3. The highest BCUT2D eigenvalue weighted by molar-refractivity contribution is 5.91. The highest BCUT2D eigenvalue weighted by Crippen LogP contribution is 2.36. The van der Waals surface area contributed by atoms with Gasteiger partial charge >= 0.3 is 5.97 Å². The third-order valence-corrected chi connectivity index (χ3v) is 3.87. The molecule has 1 aromatic heterocycles. The molecular formula is C14H19N3O3. The Morgan fingerprint density at radius 3 is 2.60 bits per heavy atom. The van der Waals surface area contributed by atoms with Crippen molar-refractivity contribution in [2.24, 2.45) is 11.1 Å². The fourth-order valence-corrected chi connectivity index (χ4v) is 2.62. The summed E-state index contributed by atoms with van der Waals surface area (Å²) in [5, 5.41) is 12.5. The molecule has 4 N–H and O–H groups in total. The van der Waals surface area contributed by atoms with Crippen molar-refractivity contribution in [1.82, 2.24) is 4.98 Å². The van der Waals surface area contributed by atoms with E-state index in [1.54, 1.807) is 12.1 Å². The maximum absolute atomic E-state index is 11.5. The summed E-state index contributed by atoms with van der Waals surface area (Å²) in [7, 11) is 0. The molecule has 0 bridgehead atoms. The number of hydrogen-bond donors (Lipinski definition) is 3. The third kappa shape index (κ3) is 3.07. The lowest BCUT2D eigenvalue weighted by atomic mass is 9.74. The topological polar surface area (TPSA) is 105 Å². The van der Waals surface area contributed by atoms with Crippen LogP contribution in [0.1, 0.15) is 42.6 Å². The molecule has 108 valence electrons. The smallest absolute Gasteiger partial charge is 0.311 e. The van der Waals surface area contributed by atoms with Gasteiger partial charge in [0.05, 0.1) is 5.41 Å². The van der Waals surface area contributed by atoms with Crippen LogP contribution in [0, 0.1) is 5.41 Å². The van der Waals surface area contributed by atoms with Gasteiger partial charge in [0.25, 0.3) is 5.91 Å². The van der Waals surface area contributed by atoms with Gasteiger partial charge in [-0.3, -0.25) is 9.59 Å². The quantitative estimate of drug-likeness (QED) is 0.758. The summed E-state index contributed by atoms with van der Waals surface area (Å²) < 4.78 is 0. The molecule has 0 aromatic carbocycles. The van der Waals surface area contributed by atoms with Crippen molar-refractivity contribution in [3.8, 4) is 0 Å². The van der Waals surface area contributed by atoms with Crippen molar-refractivity contribution in [3.63, 3.8) is 0 Å². The van der Waals surface area contributed by atoms with Gasteiger partial charge in [0, 0.05) is 6.54 Å². The normalized spacial score (nSPS) is 17.4. The Balaban J connectivity index is 2.08. The van der Waals surface area contributed by atoms with Crippen LogP contribution < -0.4 is 11.1 Å². The van der Waals surface area contributed by atoms with Gasteiger partial charge in [0.2, 0.25) is 0 Å². The summed E-state index contributed by atoms with van der Waals surface area (Å²) in [6, 6.07) is 4.90. The van der Waals surface area contributed by atoms with Crippen LogP contribution in [0.25, 0.3) is 0 Å². The maximum atomic E-state index is 11.5. The molecule has 1 fully saturated rings. The number of nitrogens with one attached hydrogen (secondary N) is 1. The number of rotatable bonds is 5. The van der Waals surface area contributed by atoms with Gasteiger partial charge in [-0.15, -0.1) is 0 Å². The molecule has 1 saturated carbocycles. The van der Waals surface area contributed by atoms with E-state index in [0.29, 0.717) is 25.2 Å². The minimum atomic E-state index is -0.768. The number of carboxylic acids is 1. The summed E-state index contributed by atoms with van der Waals surface area (Å²) >= 11 is 0. The standard InChI is InChI=1S/C14H19N3O3/c15-12(18)10-5-4-6-11(17-10)16-9-14(13(19)20)7-2-1-3-8-14/h4-6H,1-3,7-9H2,(H2,15,18)(H,16,17)(H,19,20). The zero-order chi connectivity index (χ0) is 14.6. The highest BCUT2D eigenvalue weighted by atomic mass is 16.4. The van der Waals surface area contributed by atoms with Crippen LogP contribution >= 0.6 is 0 Å². The van der Waals surface area contributed by atoms with Crippen molar-refractivity contribution in [2.45, 2.75) is 32.1 Å². The predicted molar refractivity (Wildman–Crippen MR) is 74.4 cm³/mol. The number of aromatic nitrogens is 1. The first-order valence-corrected chi connectivity index (χ1v) is 6.78. The molecule has 1 aromatic rings. The van der Waals surface area contributed by atoms with E-state index in [2.05, 4.69) is 10.3 Å². The van der Waals surface area contributed by atoms with Gasteiger partial charge in [-0.05, 0) is 25.0 Å². The number of nitrogens with two attached hydrogens (primary N) is 1. The van der Waals surface area contributed by atoms with Gasteiger partial charge in [-0.25, -0.2) is 4.98 Å². The fourth-order valence-electron chi connectivity index (χ4n) is 2.62. The molecule has 0 unspecified atom stereocenters. The summed E-state index contributed by atoms with van der Waals surface area (Å²) in [5.41, 5.74) is 4.61. The number of hydrogen-bond acceptors (Lipinski definition) is 4. The van der Waals surface area contributed by atoms with E-state index < -0.39 is 17.3 Å². The zero-order valence-corrected chi connectivity index (χ0v) is 11.3. The molecule has 0 radical (unpaired) electrons. The SMILES string of the molecule is NC(=O)c1cccc(NCC2(C(=O)O)CCCCC2)n1. The van der Waals surface area contributed by atoms with Crippen molar-refractivity contribution >= 4 is 17.7 Å². The molecule has 1 aliphatic carbocycles. The van der Waals surface area contributed by atoms with Crippen LogP contribution in [0.3, 0.4) is 0 Å². The van der Waals surface area contributed by atoms with Gasteiger partial charge in [0.1, 0.15) is 11.5 Å². The minimum Gasteiger partial charge on any atom is -0.481 e. The maximum Gasteiger partial charge on any atom is 0.311 e. The van der Waals surface area contributed by atoms with Crippen molar-refractivity contribution in [3.05, 3.63) is 23.9 Å². The van der Waals surface area contributed by atoms with Crippen LogP contribution in [0.15, 0.2) is 18.2 Å². The molecule has 0 saturated heterocycles. The molecule has 1 amide bonds. The second kappa shape index (κ2) is 5.90. The number of primary amides is 1. The Labute approximate surface area is 117 Å². The largest absolute Gasteiger partial charge is 0.481 e. The van der Waals surface area contributed by atoms with Crippen LogP contribution in [0.2, 0.25) is 0 Å². The van der Waals surface area contributed by atoms with E-state index in [0.717, 1.165) is 19.3 Å². The van der Waals surface area contributed by atoms with Crippen molar-refractivity contribution in [1.29, 1.82) is 0 Å². The Morgan fingerprint density at radius 2 is 2.00 bits per heavy atom. The van der Waals surface area contributed by atoms with Crippen molar-refractivity contribution < 1.29 is 14.7 Å². The van der Waals surface area contributed by atoms with Gasteiger partial charge in [0.15, 0.2) is 0 Å².